The van der Waals surface area contributed by atoms with Crippen molar-refractivity contribution in [3.63, 3.8) is 0 Å². The van der Waals surface area contributed by atoms with Gasteiger partial charge in [-0.3, -0.25) is 11.3 Å². The van der Waals surface area contributed by atoms with Crippen molar-refractivity contribution in [2.75, 3.05) is 0 Å². The molecule has 0 bridgehead atoms. The highest BCUT2D eigenvalue weighted by atomic mass is 16.5. The molecule has 1 saturated carbocycles. The minimum Gasteiger partial charge on any atom is -0.491 e. The van der Waals surface area contributed by atoms with Gasteiger partial charge in [-0.05, 0) is 55.7 Å². The van der Waals surface area contributed by atoms with Crippen molar-refractivity contribution >= 4 is 0 Å². The number of benzene rings is 1. The average molecular weight is 276 g/mol. The second-order valence-corrected chi connectivity index (χ2v) is 6.87. The molecule has 0 amide bonds. The Balaban J connectivity index is 2.15. The van der Waals surface area contributed by atoms with Gasteiger partial charge in [0, 0.05) is 6.04 Å². The molecule has 0 saturated heterocycles. The fraction of sp³-hybridized carbons (Fsp3) is 0.647. The molecule has 0 heterocycles. The van der Waals surface area contributed by atoms with E-state index in [1.165, 1.54) is 24.8 Å². The Kier molecular flexibility index (Phi) is 4.71. The maximum Gasteiger partial charge on any atom is 0.119 e. The van der Waals surface area contributed by atoms with Crippen molar-refractivity contribution in [2.24, 2.45) is 17.2 Å². The molecule has 20 heavy (non-hydrogen) atoms. The first-order chi connectivity index (χ1) is 9.44. The van der Waals surface area contributed by atoms with E-state index < -0.39 is 0 Å². The fourth-order valence-corrected chi connectivity index (χ4v) is 3.44. The summed E-state index contributed by atoms with van der Waals surface area (Å²) in [6.45, 7) is 8.79. The highest BCUT2D eigenvalue weighted by Gasteiger charge is 2.39. The zero-order chi connectivity index (χ0) is 14.8. The van der Waals surface area contributed by atoms with Gasteiger partial charge in [0.05, 0.1) is 6.10 Å². The van der Waals surface area contributed by atoms with Crippen LogP contribution in [0.5, 0.6) is 5.75 Å². The first kappa shape index (κ1) is 15.3. The minimum atomic E-state index is 0.207. The summed E-state index contributed by atoms with van der Waals surface area (Å²) >= 11 is 0. The molecule has 3 nitrogen and oxygen atoms in total. The Morgan fingerprint density at radius 1 is 1.25 bits per heavy atom. The molecular formula is C17H28N2O. The summed E-state index contributed by atoms with van der Waals surface area (Å²) < 4.78 is 5.70. The van der Waals surface area contributed by atoms with Crippen LogP contribution in [0.15, 0.2) is 24.3 Å². The fourth-order valence-electron chi connectivity index (χ4n) is 3.44. The van der Waals surface area contributed by atoms with Gasteiger partial charge < -0.3 is 4.74 Å². The van der Waals surface area contributed by atoms with Crippen molar-refractivity contribution in [1.29, 1.82) is 0 Å². The van der Waals surface area contributed by atoms with Gasteiger partial charge in [0.15, 0.2) is 0 Å². The maximum atomic E-state index is 5.84. The van der Waals surface area contributed by atoms with Gasteiger partial charge in [-0.15, -0.1) is 0 Å². The molecule has 1 aliphatic carbocycles. The summed E-state index contributed by atoms with van der Waals surface area (Å²) in [6, 6.07) is 8.58. The van der Waals surface area contributed by atoms with Gasteiger partial charge in [-0.25, -0.2) is 0 Å². The lowest BCUT2D eigenvalue weighted by Crippen LogP contribution is -2.37. The van der Waals surface area contributed by atoms with E-state index in [1.54, 1.807) is 0 Å². The second-order valence-electron chi connectivity index (χ2n) is 6.87. The van der Waals surface area contributed by atoms with Crippen molar-refractivity contribution in [1.82, 2.24) is 5.43 Å². The number of nitrogens with one attached hydrogen (secondary N) is 1. The van der Waals surface area contributed by atoms with E-state index in [0.29, 0.717) is 11.3 Å². The molecular weight excluding hydrogens is 248 g/mol. The van der Waals surface area contributed by atoms with Crippen LogP contribution in [0.1, 0.15) is 58.6 Å². The zero-order valence-corrected chi connectivity index (χ0v) is 13.1. The molecule has 0 aliphatic heterocycles. The number of rotatable bonds is 5. The molecule has 2 rings (SSSR count). The monoisotopic (exact) mass is 276 g/mol. The highest BCUT2D eigenvalue weighted by Crippen LogP contribution is 2.48. The van der Waals surface area contributed by atoms with Gasteiger partial charge in [0.25, 0.3) is 0 Å². The van der Waals surface area contributed by atoms with E-state index in [0.717, 1.165) is 5.75 Å². The Morgan fingerprint density at radius 2 is 1.90 bits per heavy atom. The molecule has 112 valence electrons. The van der Waals surface area contributed by atoms with Gasteiger partial charge in [0.2, 0.25) is 0 Å². The number of hydrazine groups is 1. The quantitative estimate of drug-likeness (QED) is 0.635. The lowest BCUT2D eigenvalue weighted by molar-refractivity contribution is 0.198. The molecule has 2 unspecified atom stereocenters. The van der Waals surface area contributed by atoms with E-state index in [4.69, 9.17) is 10.6 Å². The van der Waals surface area contributed by atoms with Crippen LogP contribution in [0, 0.1) is 11.3 Å². The van der Waals surface area contributed by atoms with Crippen molar-refractivity contribution in [3.8, 4) is 5.75 Å². The summed E-state index contributed by atoms with van der Waals surface area (Å²) in [5.74, 6) is 7.35. The Labute approximate surface area is 122 Å². The van der Waals surface area contributed by atoms with Crippen LogP contribution >= 0.6 is 0 Å². The number of hydrogen-bond acceptors (Lipinski definition) is 3. The molecule has 2 atom stereocenters. The lowest BCUT2D eigenvalue weighted by Gasteiger charge is -2.34. The molecule has 3 N–H and O–H groups in total. The van der Waals surface area contributed by atoms with Gasteiger partial charge in [-0.2, -0.15) is 0 Å². The smallest absolute Gasteiger partial charge is 0.119 e. The largest absolute Gasteiger partial charge is 0.491 e. The van der Waals surface area contributed by atoms with E-state index >= 15 is 0 Å². The predicted octanol–water partition coefficient (Wildman–Crippen LogP) is 3.80. The van der Waals surface area contributed by atoms with Crippen LogP contribution in [0.3, 0.4) is 0 Å². The molecule has 3 heteroatoms. The number of hydrogen-bond donors (Lipinski definition) is 2. The third-order valence-corrected chi connectivity index (χ3v) is 4.53. The third-order valence-electron chi connectivity index (χ3n) is 4.53. The SMILES string of the molecule is CC(C)Oc1ccc(C(NN)C2CCCC2(C)C)cc1. The highest BCUT2D eigenvalue weighted by molar-refractivity contribution is 5.30. The normalized spacial score (nSPS) is 23.0. The van der Waals surface area contributed by atoms with E-state index in [-0.39, 0.29) is 12.1 Å². The summed E-state index contributed by atoms with van der Waals surface area (Å²) in [4.78, 5) is 0. The topological polar surface area (TPSA) is 47.3 Å². The second kappa shape index (κ2) is 6.15. The molecule has 1 aromatic rings. The minimum absolute atomic E-state index is 0.207. The predicted molar refractivity (Wildman–Crippen MR) is 83.4 cm³/mol. The zero-order valence-electron chi connectivity index (χ0n) is 13.1. The Bertz CT molecular complexity index is 425. The maximum absolute atomic E-state index is 5.84. The number of nitrogens with two attached hydrogens (primary N) is 1. The first-order valence-corrected chi connectivity index (χ1v) is 7.67. The van der Waals surface area contributed by atoms with Gasteiger partial charge >= 0.3 is 0 Å². The van der Waals surface area contributed by atoms with Crippen molar-refractivity contribution < 1.29 is 4.74 Å². The first-order valence-electron chi connectivity index (χ1n) is 7.67. The Hall–Kier alpha value is -1.06. The van der Waals surface area contributed by atoms with Crippen LogP contribution < -0.4 is 16.0 Å². The van der Waals surface area contributed by atoms with Crippen LogP contribution in [-0.2, 0) is 0 Å². The summed E-state index contributed by atoms with van der Waals surface area (Å²) in [7, 11) is 0. The molecule has 1 fully saturated rings. The summed E-state index contributed by atoms with van der Waals surface area (Å²) in [5, 5.41) is 0. The van der Waals surface area contributed by atoms with Crippen LogP contribution in [0.25, 0.3) is 0 Å². The average Bonchev–Trinajstić information content (AvgIpc) is 2.72. The van der Waals surface area contributed by atoms with Crippen molar-refractivity contribution in [2.45, 2.75) is 59.1 Å². The summed E-state index contributed by atoms with van der Waals surface area (Å²) in [6.07, 6.45) is 4.03. The molecule has 1 aromatic carbocycles. The van der Waals surface area contributed by atoms with Crippen LogP contribution in [0.4, 0.5) is 0 Å². The summed E-state index contributed by atoms with van der Waals surface area (Å²) in [5.41, 5.74) is 4.64. The molecule has 0 aromatic heterocycles. The molecule has 0 radical (unpaired) electrons. The van der Waals surface area contributed by atoms with Crippen LogP contribution in [-0.4, -0.2) is 6.10 Å². The van der Waals surface area contributed by atoms with Crippen LogP contribution in [0.2, 0.25) is 0 Å². The molecule has 0 spiro atoms. The van der Waals surface area contributed by atoms with E-state index in [9.17, 15) is 0 Å². The van der Waals surface area contributed by atoms with Gasteiger partial charge in [0.1, 0.15) is 5.75 Å². The third kappa shape index (κ3) is 3.33. The Morgan fingerprint density at radius 3 is 2.35 bits per heavy atom. The van der Waals surface area contributed by atoms with E-state index in [2.05, 4.69) is 31.4 Å². The van der Waals surface area contributed by atoms with Crippen molar-refractivity contribution in [3.05, 3.63) is 29.8 Å². The lowest BCUT2D eigenvalue weighted by atomic mass is 9.75. The van der Waals surface area contributed by atoms with Gasteiger partial charge in [-0.1, -0.05) is 32.4 Å². The molecule has 1 aliphatic rings. The number of ether oxygens (including phenoxy) is 1. The van der Waals surface area contributed by atoms with E-state index in [1.807, 2.05) is 26.0 Å². The standard InChI is InChI=1S/C17H28N2O/c1-12(2)20-14-9-7-13(8-10-14)16(19-18)15-6-5-11-17(15,3)4/h7-10,12,15-16,19H,5-6,11,18H2,1-4H3.